The lowest BCUT2D eigenvalue weighted by Crippen LogP contribution is -2.30. The Labute approximate surface area is 144 Å². The second-order valence-corrected chi connectivity index (χ2v) is 8.23. The molecule has 0 fully saturated rings. The highest BCUT2D eigenvalue weighted by Gasteiger charge is 2.28. The maximum Gasteiger partial charge on any atom is 0.341 e. The number of carboxylic acid groups (broad SMARTS) is 1. The molecule has 0 bridgehead atoms. The molecule has 0 aromatic heterocycles. The molecule has 1 unspecified atom stereocenters. The van der Waals surface area contributed by atoms with Crippen molar-refractivity contribution in [2.45, 2.75) is 19.8 Å². The summed E-state index contributed by atoms with van der Waals surface area (Å²) in [5, 5.41) is 8.77. The molecule has 0 aliphatic carbocycles. The van der Waals surface area contributed by atoms with Crippen LogP contribution in [0.5, 0.6) is 0 Å². The van der Waals surface area contributed by atoms with E-state index in [-0.39, 0.29) is 24.0 Å². The van der Waals surface area contributed by atoms with Crippen molar-refractivity contribution in [2.75, 3.05) is 22.4 Å². The molecule has 142 valence electrons. The monoisotopic (exact) mass is 403 g/mol. The van der Waals surface area contributed by atoms with Crippen LogP contribution >= 0.6 is 0 Å². The first kappa shape index (κ1) is 21.4. The van der Waals surface area contributed by atoms with Crippen LogP contribution in [-0.2, 0) is 21.1 Å². The minimum Gasteiger partial charge on any atom is -0.477 e. The van der Waals surface area contributed by atoms with E-state index in [9.17, 15) is 35.1 Å². The fourth-order valence-electron chi connectivity index (χ4n) is 2.08. The fourth-order valence-corrected chi connectivity index (χ4v) is 4.07. The van der Waals surface area contributed by atoms with Gasteiger partial charge in [0.15, 0.2) is 17.5 Å². The molecule has 25 heavy (non-hydrogen) atoms. The summed E-state index contributed by atoms with van der Waals surface area (Å²) in [6.07, 6.45) is 0.174. The third-order valence-electron chi connectivity index (χ3n) is 3.14. The van der Waals surface area contributed by atoms with Crippen LogP contribution in [0.15, 0.2) is 6.07 Å². The molecule has 0 spiro atoms. The number of hydrogen-bond acceptors (Lipinski definition) is 4. The first-order valence-corrected chi connectivity index (χ1v) is 9.90. The highest BCUT2D eigenvalue weighted by atomic mass is 32.2. The number of rotatable bonds is 9. The number of carboxylic acids is 1. The highest BCUT2D eigenvalue weighted by molar-refractivity contribution is 7.91. The molecular weight excluding hydrogens is 387 g/mol. The molecule has 7 nitrogen and oxygen atoms in total. The molecule has 0 saturated carbocycles. The Balaban J connectivity index is 3.16. The molecule has 0 radical (unpaired) electrons. The second kappa shape index (κ2) is 8.63. The summed E-state index contributed by atoms with van der Waals surface area (Å²) in [6.45, 7) is 1.16. The van der Waals surface area contributed by atoms with Crippen LogP contribution in [0.25, 0.3) is 0 Å². The van der Waals surface area contributed by atoms with Gasteiger partial charge in [0.2, 0.25) is 0 Å². The van der Waals surface area contributed by atoms with E-state index in [0.717, 1.165) is 0 Å². The first-order chi connectivity index (χ1) is 11.5. The Morgan fingerprint density at radius 1 is 1.24 bits per heavy atom. The van der Waals surface area contributed by atoms with E-state index in [1.807, 2.05) is 0 Å². The number of benzene rings is 1. The third kappa shape index (κ3) is 5.41. The van der Waals surface area contributed by atoms with Crippen molar-refractivity contribution in [3.8, 4) is 0 Å². The zero-order chi connectivity index (χ0) is 19.4. The van der Waals surface area contributed by atoms with E-state index < -0.39 is 62.3 Å². The third-order valence-corrected chi connectivity index (χ3v) is 5.84. The maximum atomic E-state index is 14.2. The van der Waals surface area contributed by atoms with Gasteiger partial charge in [-0.2, -0.15) is 0 Å². The number of halogens is 3. The molecule has 0 aliphatic rings. The molecule has 0 heterocycles. The van der Waals surface area contributed by atoms with Crippen LogP contribution in [0, 0.1) is 17.5 Å². The number of hydrogen-bond donors (Lipinski definition) is 2. The molecule has 0 aliphatic heterocycles. The molecule has 1 aromatic rings. The maximum absolute atomic E-state index is 14.2. The van der Waals surface area contributed by atoms with E-state index in [2.05, 4.69) is 0 Å². The molecule has 0 saturated heterocycles. The Kier molecular flexibility index (Phi) is 7.38. The van der Waals surface area contributed by atoms with E-state index in [0.29, 0.717) is 10.7 Å². The second-order valence-electron chi connectivity index (χ2n) is 5.02. The minimum absolute atomic E-state index is 0.0993. The van der Waals surface area contributed by atoms with Gasteiger partial charge in [0, 0.05) is 18.4 Å². The molecule has 12 heteroatoms. The summed E-state index contributed by atoms with van der Waals surface area (Å²) in [5.74, 6) is -7.95. The van der Waals surface area contributed by atoms with Gasteiger partial charge in [-0.05, 0) is 12.8 Å². The Bertz CT molecular complexity index is 784. The van der Waals surface area contributed by atoms with Crippen molar-refractivity contribution >= 4 is 32.8 Å². The summed E-state index contributed by atoms with van der Waals surface area (Å²) in [5.41, 5.74) is -2.56. The van der Waals surface area contributed by atoms with Gasteiger partial charge < -0.3 is 5.11 Å². The average Bonchev–Trinajstić information content (AvgIpc) is 2.47. The summed E-state index contributed by atoms with van der Waals surface area (Å²) in [6, 6.07) is 0.242. The van der Waals surface area contributed by atoms with Crippen LogP contribution in [0.3, 0.4) is 0 Å². The van der Waals surface area contributed by atoms with Gasteiger partial charge in [0.05, 0.1) is 11.4 Å². The smallest absolute Gasteiger partial charge is 0.341 e. The summed E-state index contributed by atoms with van der Waals surface area (Å²) >= 11 is -2.92. The van der Waals surface area contributed by atoms with Crippen molar-refractivity contribution in [1.29, 1.82) is 0 Å². The van der Waals surface area contributed by atoms with Gasteiger partial charge in [-0.15, -0.1) is 0 Å². The van der Waals surface area contributed by atoms with Crippen molar-refractivity contribution < 1.29 is 40.3 Å². The van der Waals surface area contributed by atoms with Crippen molar-refractivity contribution in [1.82, 2.24) is 0 Å². The van der Waals surface area contributed by atoms with Gasteiger partial charge in [0.25, 0.3) is 11.3 Å². The quantitative estimate of drug-likeness (QED) is 0.482. The summed E-state index contributed by atoms with van der Waals surface area (Å²) in [4.78, 5) is 10.9. The lowest BCUT2D eigenvalue weighted by molar-refractivity contribution is 0.0685. The van der Waals surface area contributed by atoms with Gasteiger partial charge >= 0.3 is 5.97 Å². The number of nitrogens with zero attached hydrogens (tertiary/aromatic N) is 1. The Morgan fingerprint density at radius 2 is 1.84 bits per heavy atom. The standard InChI is InChI=1S/C13H16F3NO6S2/c1-2-5-25(22,23)6-3-4-17(24(20)21)9-7-8(14)11(15)10(12(9)16)13(18)19/h7H,2-6H2,1H3,(H,18,19)(H,20,21). The van der Waals surface area contributed by atoms with Crippen LogP contribution in [-0.4, -0.2) is 46.3 Å². The lowest BCUT2D eigenvalue weighted by atomic mass is 10.1. The largest absolute Gasteiger partial charge is 0.477 e. The molecule has 1 atom stereocenters. The van der Waals surface area contributed by atoms with Gasteiger partial charge in [-0.1, -0.05) is 6.92 Å². The fraction of sp³-hybridized carbons (Fsp3) is 0.462. The number of aromatic carboxylic acids is 1. The van der Waals surface area contributed by atoms with E-state index in [4.69, 9.17) is 5.11 Å². The minimum atomic E-state index is -3.41. The van der Waals surface area contributed by atoms with E-state index in [1.165, 1.54) is 0 Å². The van der Waals surface area contributed by atoms with Crippen LogP contribution in [0.4, 0.5) is 18.9 Å². The molecule has 1 rings (SSSR count). The zero-order valence-corrected chi connectivity index (χ0v) is 14.7. The Hall–Kier alpha value is -1.66. The SMILES string of the molecule is CCCS(=O)(=O)CCCN(c1cc(F)c(F)c(C(=O)O)c1F)S(=O)O. The van der Waals surface area contributed by atoms with Gasteiger partial charge in [-0.3, -0.25) is 8.86 Å². The normalized spacial score (nSPS) is 12.8. The van der Waals surface area contributed by atoms with Crippen molar-refractivity contribution in [3.63, 3.8) is 0 Å². The number of carbonyl (C=O) groups is 1. The van der Waals surface area contributed by atoms with Crippen LogP contribution in [0.1, 0.15) is 30.1 Å². The summed E-state index contributed by atoms with van der Waals surface area (Å²) < 4.78 is 85.3. The van der Waals surface area contributed by atoms with E-state index in [1.54, 1.807) is 6.92 Å². The van der Waals surface area contributed by atoms with Crippen LogP contribution < -0.4 is 4.31 Å². The van der Waals surface area contributed by atoms with Crippen molar-refractivity contribution in [3.05, 3.63) is 29.1 Å². The lowest BCUT2D eigenvalue weighted by Gasteiger charge is -2.21. The predicted octanol–water partition coefficient (Wildman–Crippen LogP) is 1.96. The average molecular weight is 403 g/mol. The predicted molar refractivity (Wildman–Crippen MR) is 85.0 cm³/mol. The van der Waals surface area contributed by atoms with Crippen LogP contribution in [0.2, 0.25) is 0 Å². The van der Waals surface area contributed by atoms with Gasteiger partial charge in [0.1, 0.15) is 15.4 Å². The molecule has 2 N–H and O–H groups in total. The zero-order valence-electron chi connectivity index (χ0n) is 13.0. The molecule has 0 amide bonds. The van der Waals surface area contributed by atoms with E-state index >= 15 is 0 Å². The molecule has 1 aromatic carbocycles. The first-order valence-electron chi connectivity index (χ1n) is 7.01. The molecular formula is C13H16F3NO6S2. The Morgan fingerprint density at radius 3 is 2.32 bits per heavy atom. The van der Waals surface area contributed by atoms with Crippen molar-refractivity contribution in [2.24, 2.45) is 0 Å². The summed E-state index contributed by atoms with van der Waals surface area (Å²) in [7, 11) is -3.41. The number of sulfone groups is 1. The highest BCUT2D eigenvalue weighted by Crippen LogP contribution is 2.28. The van der Waals surface area contributed by atoms with Gasteiger partial charge in [-0.25, -0.2) is 30.6 Å². The number of anilines is 1. The topological polar surface area (TPSA) is 112 Å².